The van der Waals surface area contributed by atoms with E-state index in [0.717, 1.165) is 37.2 Å². The van der Waals surface area contributed by atoms with Gasteiger partial charge < -0.3 is 10.6 Å². The minimum Gasteiger partial charge on any atom is -0.334 e. The quantitative estimate of drug-likeness (QED) is 0.929. The summed E-state index contributed by atoms with van der Waals surface area (Å²) in [6.45, 7) is 3.63. The van der Waals surface area contributed by atoms with Crippen molar-refractivity contribution < 1.29 is 4.79 Å². The second kappa shape index (κ2) is 8.60. The van der Waals surface area contributed by atoms with E-state index < -0.39 is 0 Å². The van der Waals surface area contributed by atoms with Crippen LogP contribution >= 0.6 is 23.7 Å². The molecular formula is C14H24ClN3OS. The molecule has 1 aliphatic rings. The Morgan fingerprint density at radius 2 is 2.30 bits per heavy atom. The van der Waals surface area contributed by atoms with E-state index in [-0.39, 0.29) is 18.3 Å². The van der Waals surface area contributed by atoms with Crippen molar-refractivity contribution in [3.8, 4) is 0 Å². The summed E-state index contributed by atoms with van der Waals surface area (Å²) in [6.07, 6.45) is 6.50. The van der Waals surface area contributed by atoms with E-state index in [4.69, 9.17) is 5.73 Å². The van der Waals surface area contributed by atoms with Crippen LogP contribution in [0.1, 0.15) is 54.5 Å². The molecule has 1 aromatic heterocycles. The van der Waals surface area contributed by atoms with Crippen LogP contribution < -0.4 is 5.73 Å². The Bertz CT molecular complexity index is 424. The Labute approximate surface area is 131 Å². The Hall–Kier alpha value is -0.650. The van der Waals surface area contributed by atoms with Gasteiger partial charge in [-0.2, -0.15) is 0 Å². The highest BCUT2D eigenvalue weighted by Gasteiger charge is 2.26. The Kier molecular flexibility index (Phi) is 7.48. The molecule has 0 saturated carbocycles. The number of hydrogen-bond donors (Lipinski definition) is 1. The minimum absolute atomic E-state index is 0. The molecule has 1 aliphatic heterocycles. The SMILES string of the molecule is CCC1CCCCCN1C(=O)c1csc(CCN)n1.Cl. The second-order valence-electron chi connectivity index (χ2n) is 5.08. The standard InChI is InChI=1S/C14H23N3OS.ClH/c1-2-11-6-4-3-5-9-17(11)14(18)12-10-19-13(16-12)7-8-15;/h10-11H,2-9,15H2,1H3;1H. The first-order valence-corrected chi connectivity index (χ1v) is 8.09. The number of hydrogen-bond acceptors (Lipinski definition) is 4. The summed E-state index contributed by atoms with van der Waals surface area (Å²) in [6, 6.07) is 0.384. The summed E-state index contributed by atoms with van der Waals surface area (Å²) >= 11 is 1.54. The van der Waals surface area contributed by atoms with Gasteiger partial charge in [0.1, 0.15) is 5.69 Å². The maximum Gasteiger partial charge on any atom is 0.273 e. The first kappa shape index (κ1) is 17.4. The van der Waals surface area contributed by atoms with Crippen molar-refractivity contribution in [3.05, 3.63) is 16.1 Å². The fourth-order valence-corrected chi connectivity index (χ4v) is 3.45. The Balaban J connectivity index is 0.00000200. The summed E-state index contributed by atoms with van der Waals surface area (Å²) in [5, 5.41) is 2.85. The number of amides is 1. The van der Waals surface area contributed by atoms with Crippen LogP contribution in [0, 0.1) is 0 Å². The predicted octanol–water partition coefficient (Wildman–Crippen LogP) is 2.86. The molecule has 6 heteroatoms. The topological polar surface area (TPSA) is 59.2 Å². The lowest BCUT2D eigenvalue weighted by atomic mass is 10.1. The largest absolute Gasteiger partial charge is 0.334 e. The predicted molar refractivity (Wildman–Crippen MR) is 85.7 cm³/mol. The molecule has 2 N–H and O–H groups in total. The molecule has 1 unspecified atom stereocenters. The number of carbonyl (C=O) groups is 1. The van der Waals surface area contributed by atoms with E-state index >= 15 is 0 Å². The van der Waals surface area contributed by atoms with Crippen molar-refractivity contribution >= 4 is 29.7 Å². The number of nitrogens with zero attached hydrogens (tertiary/aromatic N) is 2. The van der Waals surface area contributed by atoms with Crippen molar-refractivity contribution in [1.29, 1.82) is 0 Å². The molecule has 1 atom stereocenters. The summed E-state index contributed by atoms with van der Waals surface area (Å²) in [7, 11) is 0. The second-order valence-corrected chi connectivity index (χ2v) is 6.02. The number of aromatic nitrogens is 1. The van der Waals surface area contributed by atoms with Gasteiger partial charge in [0.05, 0.1) is 5.01 Å². The molecule has 0 aliphatic carbocycles. The lowest BCUT2D eigenvalue weighted by molar-refractivity contribution is 0.0673. The first-order chi connectivity index (χ1) is 9.26. The lowest BCUT2D eigenvalue weighted by Gasteiger charge is -2.28. The number of thiazole rings is 1. The number of likely N-dealkylation sites (tertiary alicyclic amines) is 1. The average molecular weight is 318 g/mol. The van der Waals surface area contributed by atoms with Gasteiger partial charge in [-0.05, 0) is 25.8 Å². The maximum absolute atomic E-state index is 12.6. The third kappa shape index (κ3) is 4.17. The van der Waals surface area contributed by atoms with Crippen LogP contribution in [0.5, 0.6) is 0 Å². The number of carbonyl (C=O) groups excluding carboxylic acids is 1. The van der Waals surface area contributed by atoms with Crippen molar-refractivity contribution in [3.63, 3.8) is 0 Å². The summed E-state index contributed by atoms with van der Waals surface area (Å²) in [4.78, 5) is 19.0. The van der Waals surface area contributed by atoms with Gasteiger partial charge in [-0.25, -0.2) is 4.98 Å². The van der Waals surface area contributed by atoms with Crippen molar-refractivity contribution in [2.75, 3.05) is 13.1 Å². The molecule has 0 spiro atoms. The van der Waals surface area contributed by atoms with Crippen LogP contribution in [0.4, 0.5) is 0 Å². The van der Waals surface area contributed by atoms with Crippen LogP contribution in [0.2, 0.25) is 0 Å². The minimum atomic E-state index is 0. The molecule has 2 rings (SSSR count). The van der Waals surface area contributed by atoms with E-state index in [9.17, 15) is 4.79 Å². The summed E-state index contributed by atoms with van der Waals surface area (Å²) in [5.41, 5.74) is 6.13. The van der Waals surface area contributed by atoms with Crippen LogP contribution in [0.15, 0.2) is 5.38 Å². The zero-order valence-electron chi connectivity index (χ0n) is 12.0. The Morgan fingerprint density at radius 1 is 1.50 bits per heavy atom. The molecule has 114 valence electrons. The molecule has 0 aromatic carbocycles. The highest BCUT2D eigenvalue weighted by atomic mass is 35.5. The number of halogens is 1. The molecule has 0 bridgehead atoms. The average Bonchev–Trinajstić information content (AvgIpc) is 2.75. The zero-order chi connectivity index (χ0) is 13.7. The van der Waals surface area contributed by atoms with E-state index in [1.165, 1.54) is 12.8 Å². The molecule has 1 fully saturated rings. The molecule has 1 aromatic rings. The van der Waals surface area contributed by atoms with Crippen LogP contribution in [-0.2, 0) is 6.42 Å². The maximum atomic E-state index is 12.6. The van der Waals surface area contributed by atoms with Gasteiger partial charge in [0.2, 0.25) is 0 Å². The van der Waals surface area contributed by atoms with Gasteiger partial charge >= 0.3 is 0 Å². The molecule has 20 heavy (non-hydrogen) atoms. The number of nitrogens with two attached hydrogens (primary N) is 1. The fourth-order valence-electron chi connectivity index (χ4n) is 2.66. The van der Waals surface area contributed by atoms with E-state index in [1.807, 2.05) is 10.3 Å². The summed E-state index contributed by atoms with van der Waals surface area (Å²) in [5.74, 6) is 0.105. The highest BCUT2D eigenvalue weighted by molar-refractivity contribution is 7.09. The normalized spacial score (nSPS) is 19.3. The third-order valence-corrected chi connectivity index (χ3v) is 4.65. The molecule has 4 nitrogen and oxygen atoms in total. The lowest BCUT2D eigenvalue weighted by Crippen LogP contribution is -2.39. The smallest absolute Gasteiger partial charge is 0.273 e. The van der Waals surface area contributed by atoms with E-state index in [1.54, 1.807) is 11.3 Å². The molecule has 1 amide bonds. The van der Waals surface area contributed by atoms with Crippen LogP contribution in [0.25, 0.3) is 0 Å². The third-order valence-electron chi connectivity index (χ3n) is 3.74. The van der Waals surface area contributed by atoms with Gasteiger partial charge in [-0.3, -0.25) is 4.79 Å². The van der Waals surface area contributed by atoms with Crippen molar-refractivity contribution in [2.45, 2.75) is 51.5 Å². The van der Waals surface area contributed by atoms with E-state index in [0.29, 0.717) is 18.3 Å². The molecule has 1 saturated heterocycles. The number of rotatable bonds is 4. The highest BCUT2D eigenvalue weighted by Crippen LogP contribution is 2.22. The van der Waals surface area contributed by atoms with Gasteiger partial charge in [0.15, 0.2) is 0 Å². The fraction of sp³-hybridized carbons (Fsp3) is 0.714. The summed E-state index contributed by atoms with van der Waals surface area (Å²) < 4.78 is 0. The van der Waals surface area contributed by atoms with E-state index in [2.05, 4.69) is 11.9 Å². The van der Waals surface area contributed by atoms with Gasteiger partial charge in [0, 0.05) is 24.4 Å². The monoisotopic (exact) mass is 317 g/mol. The van der Waals surface area contributed by atoms with Gasteiger partial charge in [0.25, 0.3) is 5.91 Å². The van der Waals surface area contributed by atoms with Crippen LogP contribution in [0.3, 0.4) is 0 Å². The van der Waals surface area contributed by atoms with Gasteiger partial charge in [-0.15, -0.1) is 23.7 Å². The molecule has 2 heterocycles. The van der Waals surface area contributed by atoms with Crippen LogP contribution in [-0.4, -0.2) is 34.9 Å². The van der Waals surface area contributed by atoms with Gasteiger partial charge in [-0.1, -0.05) is 19.8 Å². The van der Waals surface area contributed by atoms with Crippen molar-refractivity contribution in [1.82, 2.24) is 9.88 Å². The van der Waals surface area contributed by atoms with Crippen molar-refractivity contribution in [2.24, 2.45) is 5.73 Å². The Morgan fingerprint density at radius 3 is 3.00 bits per heavy atom. The first-order valence-electron chi connectivity index (χ1n) is 7.21. The molecule has 0 radical (unpaired) electrons. The zero-order valence-corrected chi connectivity index (χ0v) is 13.6. The molecular weight excluding hydrogens is 294 g/mol.